The van der Waals surface area contributed by atoms with E-state index in [0.29, 0.717) is 12.1 Å². The van der Waals surface area contributed by atoms with Crippen LogP contribution in [0.4, 0.5) is 0 Å². The minimum absolute atomic E-state index is 0.435. The molecule has 0 aromatic heterocycles. The van der Waals surface area contributed by atoms with Crippen LogP contribution in [0.25, 0.3) is 0 Å². The average molecular weight is 212 g/mol. The zero-order valence-corrected chi connectivity index (χ0v) is 10.0. The number of ether oxygens (including phenoxy) is 1. The Morgan fingerprint density at radius 2 is 2.20 bits per heavy atom. The lowest BCUT2D eigenvalue weighted by atomic mass is 10.0. The molecule has 2 rings (SSSR count). The molecule has 0 radical (unpaired) electrons. The van der Waals surface area contributed by atoms with Gasteiger partial charge in [-0.2, -0.15) is 0 Å². The average Bonchev–Trinajstić information content (AvgIpc) is 2.58. The smallest absolute Gasteiger partial charge is 0.0703 e. The molecule has 88 valence electrons. The summed E-state index contributed by atoms with van der Waals surface area (Å²) < 4.78 is 5.67. The molecule has 3 unspecified atom stereocenters. The van der Waals surface area contributed by atoms with Gasteiger partial charge < -0.3 is 10.1 Å². The van der Waals surface area contributed by atoms with E-state index in [2.05, 4.69) is 24.1 Å². The second kappa shape index (κ2) is 5.28. The lowest BCUT2D eigenvalue weighted by Crippen LogP contribution is -2.46. The largest absolute Gasteiger partial charge is 0.377 e. The maximum atomic E-state index is 5.67. The molecule has 2 heterocycles. The number of rotatable bonds is 1. The SMILES string of the molecule is CC1CNCCCN(C2CCOC2C)C1. The molecule has 0 aliphatic carbocycles. The Balaban J connectivity index is 1.92. The maximum Gasteiger partial charge on any atom is 0.0703 e. The molecule has 0 aromatic rings. The van der Waals surface area contributed by atoms with Gasteiger partial charge in [-0.25, -0.2) is 0 Å². The van der Waals surface area contributed by atoms with E-state index in [0.717, 1.165) is 12.5 Å². The predicted molar refractivity (Wildman–Crippen MR) is 62.0 cm³/mol. The first-order chi connectivity index (χ1) is 7.27. The van der Waals surface area contributed by atoms with E-state index in [4.69, 9.17) is 4.74 Å². The van der Waals surface area contributed by atoms with Crippen LogP contribution in [0.2, 0.25) is 0 Å². The first kappa shape index (κ1) is 11.4. The van der Waals surface area contributed by atoms with Crippen molar-refractivity contribution in [3.8, 4) is 0 Å². The van der Waals surface area contributed by atoms with Crippen molar-refractivity contribution < 1.29 is 4.74 Å². The van der Waals surface area contributed by atoms with E-state index in [-0.39, 0.29) is 0 Å². The quantitative estimate of drug-likeness (QED) is 0.704. The lowest BCUT2D eigenvalue weighted by molar-refractivity contribution is 0.0647. The topological polar surface area (TPSA) is 24.5 Å². The Morgan fingerprint density at radius 1 is 1.33 bits per heavy atom. The number of hydrogen-bond donors (Lipinski definition) is 1. The Labute approximate surface area is 93.2 Å². The molecule has 0 aromatic carbocycles. The van der Waals surface area contributed by atoms with Crippen LogP contribution >= 0.6 is 0 Å². The van der Waals surface area contributed by atoms with Gasteiger partial charge in [-0.05, 0) is 45.3 Å². The third-order valence-corrected chi connectivity index (χ3v) is 3.64. The molecule has 1 N–H and O–H groups in total. The Hall–Kier alpha value is -0.120. The van der Waals surface area contributed by atoms with Gasteiger partial charge in [0, 0.05) is 19.2 Å². The highest BCUT2D eigenvalue weighted by molar-refractivity contribution is 4.84. The molecule has 3 atom stereocenters. The van der Waals surface area contributed by atoms with Crippen LogP contribution in [-0.2, 0) is 4.74 Å². The molecule has 2 aliphatic rings. The van der Waals surface area contributed by atoms with Crippen molar-refractivity contribution in [1.29, 1.82) is 0 Å². The molecule has 3 heteroatoms. The minimum Gasteiger partial charge on any atom is -0.377 e. The fourth-order valence-corrected chi connectivity index (χ4v) is 2.81. The van der Waals surface area contributed by atoms with Crippen molar-refractivity contribution in [3.63, 3.8) is 0 Å². The Morgan fingerprint density at radius 3 is 2.93 bits per heavy atom. The van der Waals surface area contributed by atoms with E-state index >= 15 is 0 Å². The van der Waals surface area contributed by atoms with Crippen molar-refractivity contribution >= 4 is 0 Å². The molecule has 0 saturated carbocycles. The fraction of sp³-hybridized carbons (Fsp3) is 1.00. The molecular formula is C12H24N2O. The van der Waals surface area contributed by atoms with Gasteiger partial charge in [0.15, 0.2) is 0 Å². The van der Waals surface area contributed by atoms with Crippen LogP contribution in [0.3, 0.4) is 0 Å². The highest BCUT2D eigenvalue weighted by atomic mass is 16.5. The summed E-state index contributed by atoms with van der Waals surface area (Å²) in [5.41, 5.74) is 0. The number of hydrogen-bond acceptors (Lipinski definition) is 3. The molecule has 2 aliphatic heterocycles. The van der Waals surface area contributed by atoms with Crippen molar-refractivity contribution in [2.75, 3.05) is 32.8 Å². The highest BCUT2D eigenvalue weighted by Gasteiger charge is 2.30. The first-order valence-electron chi connectivity index (χ1n) is 6.33. The van der Waals surface area contributed by atoms with Crippen LogP contribution in [0, 0.1) is 5.92 Å². The van der Waals surface area contributed by atoms with Crippen LogP contribution in [0.5, 0.6) is 0 Å². The molecule has 15 heavy (non-hydrogen) atoms. The summed E-state index contributed by atoms with van der Waals surface area (Å²) >= 11 is 0. The van der Waals surface area contributed by atoms with Crippen LogP contribution in [0.1, 0.15) is 26.7 Å². The zero-order chi connectivity index (χ0) is 10.7. The van der Waals surface area contributed by atoms with Gasteiger partial charge in [-0.1, -0.05) is 6.92 Å². The van der Waals surface area contributed by atoms with Gasteiger partial charge in [0.25, 0.3) is 0 Å². The molecular weight excluding hydrogens is 188 g/mol. The van der Waals surface area contributed by atoms with E-state index in [1.54, 1.807) is 0 Å². The maximum absolute atomic E-state index is 5.67. The predicted octanol–water partition coefficient (Wildman–Crippen LogP) is 1.10. The van der Waals surface area contributed by atoms with E-state index in [9.17, 15) is 0 Å². The standard InChI is InChI=1S/C12H24N2O/c1-10-8-13-5-3-6-14(9-10)12-4-7-15-11(12)2/h10-13H,3-9H2,1-2H3. The summed E-state index contributed by atoms with van der Waals surface area (Å²) in [4.78, 5) is 2.66. The Bertz CT molecular complexity index is 198. The van der Waals surface area contributed by atoms with Gasteiger partial charge in [0.1, 0.15) is 0 Å². The monoisotopic (exact) mass is 212 g/mol. The molecule has 2 fully saturated rings. The van der Waals surface area contributed by atoms with Gasteiger partial charge in [-0.3, -0.25) is 4.90 Å². The summed E-state index contributed by atoms with van der Waals surface area (Å²) in [7, 11) is 0. The molecule has 2 saturated heterocycles. The van der Waals surface area contributed by atoms with Crippen LogP contribution < -0.4 is 5.32 Å². The first-order valence-corrected chi connectivity index (χ1v) is 6.33. The molecule has 3 nitrogen and oxygen atoms in total. The highest BCUT2D eigenvalue weighted by Crippen LogP contribution is 2.21. The van der Waals surface area contributed by atoms with Crippen LogP contribution in [-0.4, -0.2) is 49.8 Å². The summed E-state index contributed by atoms with van der Waals surface area (Å²) in [6.45, 7) is 10.3. The fourth-order valence-electron chi connectivity index (χ4n) is 2.81. The number of nitrogens with zero attached hydrogens (tertiary/aromatic N) is 1. The summed E-state index contributed by atoms with van der Waals surface area (Å²) in [6, 6.07) is 0.672. The molecule has 0 bridgehead atoms. The second-order valence-electron chi connectivity index (χ2n) is 5.09. The third kappa shape index (κ3) is 2.92. The van der Waals surface area contributed by atoms with Crippen LogP contribution in [0.15, 0.2) is 0 Å². The summed E-state index contributed by atoms with van der Waals surface area (Å²) in [6.07, 6.45) is 2.93. The van der Waals surface area contributed by atoms with Gasteiger partial charge in [0.05, 0.1) is 6.10 Å². The van der Waals surface area contributed by atoms with E-state index < -0.39 is 0 Å². The zero-order valence-electron chi connectivity index (χ0n) is 10.0. The lowest BCUT2D eigenvalue weighted by Gasteiger charge is -2.34. The van der Waals surface area contributed by atoms with Crippen molar-refractivity contribution in [3.05, 3.63) is 0 Å². The van der Waals surface area contributed by atoms with E-state index in [1.165, 1.54) is 39.0 Å². The van der Waals surface area contributed by atoms with Crippen molar-refractivity contribution in [1.82, 2.24) is 10.2 Å². The van der Waals surface area contributed by atoms with E-state index in [1.807, 2.05) is 0 Å². The molecule has 0 spiro atoms. The third-order valence-electron chi connectivity index (χ3n) is 3.64. The minimum atomic E-state index is 0.435. The van der Waals surface area contributed by atoms with Gasteiger partial charge in [0.2, 0.25) is 0 Å². The normalized spacial score (nSPS) is 40.0. The van der Waals surface area contributed by atoms with Crippen molar-refractivity contribution in [2.24, 2.45) is 5.92 Å². The Kier molecular flexibility index (Phi) is 4.00. The second-order valence-corrected chi connectivity index (χ2v) is 5.09. The van der Waals surface area contributed by atoms with Gasteiger partial charge >= 0.3 is 0 Å². The molecule has 0 amide bonds. The summed E-state index contributed by atoms with van der Waals surface area (Å²) in [5, 5.41) is 3.50. The van der Waals surface area contributed by atoms with Gasteiger partial charge in [-0.15, -0.1) is 0 Å². The van der Waals surface area contributed by atoms with Crippen molar-refractivity contribution in [2.45, 2.75) is 38.8 Å². The number of nitrogens with one attached hydrogen (secondary N) is 1. The summed E-state index contributed by atoms with van der Waals surface area (Å²) in [5.74, 6) is 0.762.